The molecule has 1 heterocycles. The molecule has 17 heteroatoms. The van der Waals surface area contributed by atoms with E-state index in [9.17, 15) is 42.8 Å². The number of hydrogen-bond acceptors (Lipinski definition) is 10. The number of rotatable bonds is 13. The number of carboxylic acids is 1. The predicted octanol–water partition coefficient (Wildman–Crippen LogP) is 0.792. The number of nitrogens with zero attached hydrogens (tertiary/aromatic N) is 4. The molecule has 0 saturated heterocycles. The van der Waals surface area contributed by atoms with Crippen LogP contribution in [-0.2, 0) is 37.5 Å². The average Bonchev–Trinajstić information content (AvgIpc) is 2.93. The molecule has 2 aromatic carbocycles. The van der Waals surface area contributed by atoms with Crippen LogP contribution in [-0.4, -0.2) is 70.5 Å². The molecule has 2 amide bonds. The molecule has 0 fully saturated rings. The molecule has 0 bridgehead atoms. The lowest BCUT2D eigenvalue weighted by atomic mass is 10.2. The van der Waals surface area contributed by atoms with Crippen molar-refractivity contribution in [3.8, 4) is 0 Å². The number of carboxylic acid groups (broad SMARTS) is 1. The second-order valence-electron chi connectivity index (χ2n) is 8.24. The van der Waals surface area contributed by atoms with Gasteiger partial charge in [-0.05, 0) is 17.7 Å². The Balaban J connectivity index is 1.60. The molecule has 3 rings (SSSR count). The Morgan fingerprint density at radius 2 is 1.76 bits per heavy atom. The van der Waals surface area contributed by atoms with Gasteiger partial charge in [0.2, 0.25) is 15.9 Å². The number of nitro benzene ring substituents is 1. The fourth-order valence-electron chi connectivity index (χ4n) is 3.41. The summed E-state index contributed by atoms with van der Waals surface area (Å²) in [5.41, 5.74) is -0.857. The predicted molar refractivity (Wildman–Crippen MR) is 141 cm³/mol. The number of hydrogen-bond donors (Lipinski definition) is 3. The maximum absolute atomic E-state index is 12.8. The standard InChI is InChI=1S/C24H24N6O10S/c31-21(14-29-12-10-20(26-23(29)34)27-24(35)40-16-17-6-2-1-3-7-17)28(15-22(32)33)13-11-25-41(38,39)19-9-5-4-8-18(19)30(36)37/h1-10,12,25H,11,13-16H2,(H,32,33)(H,26,27,34,35). The third-order valence-corrected chi connectivity index (χ3v) is 6.84. The monoisotopic (exact) mass is 588 g/mol. The molecule has 0 radical (unpaired) electrons. The first-order valence-electron chi connectivity index (χ1n) is 11.7. The van der Waals surface area contributed by atoms with E-state index in [4.69, 9.17) is 4.74 Å². The summed E-state index contributed by atoms with van der Waals surface area (Å²) in [6.07, 6.45) is 0.279. The zero-order chi connectivity index (χ0) is 30.0. The largest absolute Gasteiger partial charge is 0.480 e. The van der Waals surface area contributed by atoms with Crippen molar-refractivity contribution in [3.05, 3.63) is 93.0 Å². The van der Waals surface area contributed by atoms with Gasteiger partial charge < -0.3 is 14.7 Å². The van der Waals surface area contributed by atoms with Crippen LogP contribution >= 0.6 is 0 Å². The lowest BCUT2D eigenvalue weighted by Gasteiger charge is -2.21. The number of carbonyl (C=O) groups is 3. The van der Waals surface area contributed by atoms with Crippen LogP contribution in [0.5, 0.6) is 0 Å². The molecular weight excluding hydrogens is 564 g/mol. The van der Waals surface area contributed by atoms with Crippen molar-refractivity contribution >= 4 is 39.5 Å². The fraction of sp³-hybridized carbons (Fsp3) is 0.208. The summed E-state index contributed by atoms with van der Waals surface area (Å²) in [7, 11) is -4.37. The van der Waals surface area contributed by atoms with Gasteiger partial charge in [0, 0.05) is 25.4 Å². The molecule has 3 aromatic rings. The zero-order valence-electron chi connectivity index (χ0n) is 21.2. The summed E-state index contributed by atoms with van der Waals surface area (Å²) in [6.45, 7) is -2.39. The van der Waals surface area contributed by atoms with E-state index in [0.29, 0.717) is 0 Å². The second kappa shape index (κ2) is 13.8. The lowest BCUT2D eigenvalue weighted by Crippen LogP contribution is -2.43. The summed E-state index contributed by atoms with van der Waals surface area (Å²) in [5.74, 6) is -2.41. The minimum Gasteiger partial charge on any atom is -0.480 e. The van der Waals surface area contributed by atoms with Crippen molar-refractivity contribution in [3.63, 3.8) is 0 Å². The summed E-state index contributed by atoms with van der Waals surface area (Å²) >= 11 is 0. The van der Waals surface area contributed by atoms with Gasteiger partial charge in [-0.15, -0.1) is 0 Å². The number of nitrogens with one attached hydrogen (secondary N) is 2. The summed E-state index contributed by atoms with van der Waals surface area (Å²) < 4.78 is 33.1. The van der Waals surface area contributed by atoms with Crippen LogP contribution in [0.1, 0.15) is 5.56 Å². The van der Waals surface area contributed by atoms with E-state index in [1.807, 2.05) is 0 Å². The molecule has 0 saturated carbocycles. The molecule has 1 aromatic heterocycles. The topological polar surface area (TPSA) is 220 Å². The number of anilines is 1. The van der Waals surface area contributed by atoms with Crippen LogP contribution in [0.4, 0.5) is 16.3 Å². The normalized spacial score (nSPS) is 10.9. The van der Waals surface area contributed by atoms with Gasteiger partial charge in [-0.25, -0.2) is 22.7 Å². The van der Waals surface area contributed by atoms with Crippen LogP contribution in [0.15, 0.2) is 76.6 Å². The Labute approximate surface area is 232 Å². The zero-order valence-corrected chi connectivity index (χ0v) is 22.0. The highest BCUT2D eigenvalue weighted by molar-refractivity contribution is 7.89. The number of benzene rings is 2. The van der Waals surface area contributed by atoms with Crippen LogP contribution < -0.4 is 15.7 Å². The van der Waals surface area contributed by atoms with Crippen molar-refractivity contribution in [1.82, 2.24) is 19.2 Å². The summed E-state index contributed by atoms with van der Waals surface area (Å²) in [6, 6.07) is 14.7. The van der Waals surface area contributed by atoms with Crippen molar-refractivity contribution in [2.75, 3.05) is 25.0 Å². The number of sulfonamides is 1. The third-order valence-electron chi connectivity index (χ3n) is 5.33. The van der Waals surface area contributed by atoms with E-state index < -0.39 is 75.4 Å². The number of amides is 2. The van der Waals surface area contributed by atoms with Gasteiger partial charge in [0.05, 0.1) is 4.92 Å². The first kappa shape index (κ1) is 30.4. The molecular formula is C24H24N6O10S. The van der Waals surface area contributed by atoms with Crippen molar-refractivity contribution in [2.45, 2.75) is 18.0 Å². The van der Waals surface area contributed by atoms with Gasteiger partial charge in [0.1, 0.15) is 25.5 Å². The Morgan fingerprint density at radius 3 is 2.41 bits per heavy atom. The smallest absolute Gasteiger partial charge is 0.413 e. The van der Waals surface area contributed by atoms with Crippen LogP contribution in [0.2, 0.25) is 0 Å². The number of aromatic nitrogens is 2. The number of nitro groups is 1. The second-order valence-corrected chi connectivity index (χ2v) is 9.98. The highest BCUT2D eigenvalue weighted by atomic mass is 32.2. The Kier molecular flexibility index (Phi) is 10.2. The Hall–Kier alpha value is -5.16. The minimum absolute atomic E-state index is 0.0178. The van der Waals surface area contributed by atoms with E-state index in [2.05, 4.69) is 15.0 Å². The number of carbonyl (C=O) groups excluding carboxylic acids is 2. The van der Waals surface area contributed by atoms with Crippen molar-refractivity contribution in [1.29, 1.82) is 0 Å². The maximum Gasteiger partial charge on any atom is 0.413 e. The van der Waals surface area contributed by atoms with Gasteiger partial charge in [-0.3, -0.25) is 29.6 Å². The van der Waals surface area contributed by atoms with E-state index in [-0.39, 0.29) is 12.4 Å². The quantitative estimate of drug-likeness (QED) is 0.187. The third kappa shape index (κ3) is 8.94. The first-order valence-corrected chi connectivity index (χ1v) is 13.2. The van der Waals surface area contributed by atoms with Gasteiger partial charge in [-0.2, -0.15) is 4.98 Å². The molecule has 216 valence electrons. The Bertz CT molecular complexity index is 1590. The lowest BCUT2D eigenvalue weighted by molar-refractivity contribution is -0.387. The summed E-state index contributed by atoms with van der Waals surface area (Å²) in [4.78, 5) is 62.6. The first-order chi connectivity index (χ1) is 19.5. The average molecular weight is 589 g/mol. The number of para-hydroxylation sites is 1. The SMILES string of the molecule is O=C(O)CN(CCNS(=O)(=O)c1ccccc1[N+](=O)[O-])C(=O)Cn1ccc(NC(=O)OCc2ccccc2)nc1=O. The fourth-order valence-corrected chi connectivity index (χ4v) is 4.60. The van der Waals surface area contributed by atoms with Crippen LogP contribution in [0.3, 0.4) is 0 Å². The van der Waals surface area contributed by atoms with Gasteiger partial charge in [-0.1, -0.05) is 42.5 Å². The van der Waals surface area contributed by atoms with E-state index in [0.717, 1.165) is 33.4 Å². The molecule has 0 atom stereocenters. The van der Waals surface area contributed by atoms with E-state index in [1.165, 1.54) is 18.2 Å². The van der Waals surface area contributed by atoms with Crippen LogP contribution in [0.25, 0.3) is 0 Å². The highest BCUT2D eigenvalue weighted by Crippen LogP contribution is 2.22. The molecule has 41 heavy (non-hydrogen) atoms. The molecule has 0 aliphatic heterocycles. The van der Waals surface area contributed by atoms with E-state index in [1.54, 1.807) is 30.3 Å². The van der Waals surface area contributed by atoms with Gasteiger partial charge in [0.15, 0.2) is 4.90 Å². The molecule has 0 spiro atoms. The number of aliphatic carboxylic acids is 1. The van der Waals surface area contributed by atoms with Gasteiger partial charge >= 0.3 is 17.8 Å². The maximum atomic E-state index is 12.8. The summed E-state index contributed by atoms with van der Waals surface area (Å²) in [5, 5.41) is 22.6. The molecule has 0 aliphatic rings. The molecule has 3 N–H and O–H groups in total. The van der Waals surface area contributed by atoms with Crippen molar-refractivity contribution < 1.29 is 37.6 Å². The number of ether oxygens (including phenoxy) is 1. The highest BCUT2D eigenvalue weighted by Gasteiger charge is 2.25. The van der Waals surface area contributed by atoms with Gasteiger partial charge in [0.25, 0.3) is 5.69 Å². The molecule has 0 unspecified atom stereocenters. The van der Waals surface area contributed by atoms with Crippen molar-refractivity contribution in [2.24, 2.45) is 0 Å². The molecule has 16 nitrogen and oxygen atoms in total. The van der Waals surface area contributed by atoms with Crippen LogP contribution in [0, 0.1) is 10.1 Å². The molecule has 0 aliphatic carbocycles. The minimum atomic E-state index is -4.37. The Morgan fingerprint density at radius 1 is 1.07 bits per heavy atom. The van der Waals surface area contributed by atoms with E-state index >= 15 is 0 Å².